The van der Waals surface area contributed by atoms with Gasteiger partial charge in [-0.3, -0.25) is 19.1 Å². The lowest BCUT2D eigenvalue weighted by Crippen LogP contribution is -2.44. The zero-order chi connectivity index (χ0) is 26.7. The monoisotopic (exact) mass is 510 g/mol. The van der Waals surface area contributed by atoms with Crippen molar-refractivity contribution in [3.8, 4) is 0 Å². The smallest absolute Gasteiger partial charge is 0.330 e. The molecule has 1 aliphatic heterocycles. The highest BCUT2D eigenvalue weighted by Crippen LogP contribution is 2.26. The molecule has 2 aromatic carbocycles. The minimum Gasteiger partial charge on any atom is -0.466 e. The summed E-state index contributed by atoms with van der Waals surface area (Å²) in [5.74, 6) is -3.07. The Bertz CT molecular complexity index is 1420. The molecule has 11 heteroatoms. The maximum atomic E-state index is 14.9. The Morgan fingerprint density at radius 1 is 1.16 bits per heavy atom. The van der Waals surface area contributed by atoms with Crippen molar-refractivity contribution in [3.05, 3.63) is 65.6 Å². The molecule has 0 spiro atoms. The van der Waals surface area contributed by atoms with Gasteiger partial charge in [-0.1, -0.05) is 30.3 Å². The molecular weight excluding hydrogens is 486 g/mol. The third kappa shape index (κ3) is 5.40. The molecule has 192 valence electrons. The number of halogens is 2. The third-order valence-corrected chi connectivity index (χ3v) is 6.04. The van der Waals surface area contributed by atoms with Crippen LogP contribution in [0.3, 0.4) is 0 Å². The Morgan fingerprint density at radius 2 is 1.92 bits per heavy atom. The standard InChI is InChI=1S/C26H24F2N4O5/c1-15(33)25-18-7-3-4-9-20(18)32(30-25)14-22(34)31-13-17(27)12-21(31)26(36)29-19-8-5-6-16(24(19)28)10-11-23(35)37-2/h3-11,17,21H,12-14H2,1-2H3,(H,29,36)/b11-10+/t17-,21+/m1/s1. The number of ketones is 1. The van der Waals surface area contributed by atoms with Crippen molar-refractivity contribution in [1.82, 2.24) is 14.7 Å². The van der Waals surface area contributed by atoms with E-state index in [4.69, 9.17) is 0 Å². The minimum absolute atomic E-state index is 0.0257. The molecular formula is C26H24F2N4O5. The molecule has 1 N–H and O–H groups in total. The van der Waals surface area contributed by atoms with Gasteiger partial charge in [-0.25, -0.2) is 13.6 Å². The van der Waals surface area contributed by atoms with Crippen molar-refractivity contribution in [1.29, 1.82) is 0 Å². The van der Waals surface area contributed by atoms with E-state index in [-0.39, 0.29) is 42.2 Å². The van der Waals surface area contributed by atoms with E-state index in [1.807, 2.05) is 0 Å². The van der Waals surface area contributed by atoms with Crippen LogP contribution in [0.2, 0.25) is 0 Å². The first-order valence-corrected chi connectivity index (χ1v) is 11.4. The molecule has 0 radical (unpaired) electrons. The van der Waals surface area contributed by atoms with Crippen LogP contribution in [0.4, 0.5) is 14.5 Å². The number of rotatable bonds is 7. The van der Waals surface area contributed by atoms with Gasteiger partial charge in [0.1, 0.15) is 24.5 Å². The SMILES string of the molecule is COC(=O)/C=C/c1cccc(NC(=O)[C@@H]2C[C@@H](F)CN2C(=O)Cn2nc(C(C)=O)c3ccccc32)c1F. The number of esters is 1. The average molecular weight is 510 g/mol. The zero-order valence-electron chi connectivity index (χ0n) is 20.1. The molecule has 0 saturated carbocycles. The van der Waals surface area contributed by atoms with Gasteiger partial charge in [-0.05, 0) is 18.2 Å². The van der Waals surface area contributed by atoms with E-state index < -0.39 is 35.8 Å². The number of benzene rings is 2. The molecule has 1 saturated heterocycles. The van der Waals surface area contributed by atoms with Crippen LogP contribution < -0.4 is 5.32 Å². The molecule has 9 nitrogen and oxygen atoms in total. The molecule has 1 aromatic heterocycles. The molecule has 2 heterocycles. The summed E-state index contributed by atoms with van der Waals surface area (Å²) < 4.78 is 35.1. The second kappa shape index (κ2) is 10.7. The van der Waals surface area contributed by atoms with Crippen LogP contribution in [0.5, 0.6) is 0 Å². The minimum atomic E-state index is -1.44. The van der Waals surface area contributed by atoms with Gasteiger partial charge in [-0.2, -0.15) is 5.10 Å². The van der Waals surface area contributed by atoms with Crippen molar-refractivity contribution >= 4 is 46.2 Å². The number of nitrogens with one attached hydrogen (secondary N) is 1. The Labute approximate surface area is 210 Å². The van der Waals surface area contributed by atoms with Crippen LogP contribution >= 0.6 is 0 Å². The highest BCUT2D eigenvalue weighted by atomic mass is 19.1. The maximum Gasteiger partial charge on any atom is 0.330 e. The summed E-state index contributed by atoms with van der Waals surface area (Å²) in [4.78, 5) is 50.6. The molecule has 0 unspecified atom stereocenters. The van der Waals surface area contributed by atoms with Crippen LogP contribution in [0.1, 0.15) is 29.4 Å². The van der Waals surface area contributed by atoms with Crippen molar-refractivity contribution in [2.45, 2.75) is 32.1 Å². The van der Waals surface area contributed by atoms with E-state index in [9.17, 15) is 28.0 Å². The summed E-state index contributed by atoms with van der Waals surface area (Å²) in [5, 5.41) is 7.25. The van der Waals surface area contributed by atoms with Gasteiger partial charge in [0.2, 0.25) is 11.8 Å². The second-order valence-corrected chi connectivity index (χ2v) is 8.53. The van der Waals surface area contributed by atoms with Crippen LogP contribution in [0, 0.1) is 5.82 Å². The summed E-state index contributed by atoms with van der Waals surface area (Å²) in [6.07, 6.45) is 0.537. The van der Waals surface area contributed by atoms with Gasteiger partial charge in [0.05, 0.1) is 24.9 Å². The highest BCUT2D eigenvalue weighted by Gasteiger charge is 2.40. The molecule has 1 aliphatic rings. The van der Waals surface area contributed by atoms with Crippen molar-refractivity contribution in [2.24, 2.45) is 0 Å². The van der Waals surface area contributed by atoms with Crippen molar-refractivity contribution < 1.29 is 32.7 Å². The van der Waals surface area contributed by atoms with E-state index in [0.29, 0.717) is 10.9 Å². The van der Waals surface area contributed by atoms with Gasteiger partial charge < -0.3 is 15.0 Å². The fourth-order valence-electron chi connectivity index (χ4n) is 4.25. The van der Waals surface area contributed by atoms with E-state index in [2.05, 4.69) is 15.2 Å². The predicted molar refractivity (Wildman–Crippen MR) is 131 cm³/mol. The first-order chi connectivity index (χ1) is 17.7. The van der Waals surface area contributed by atoms with Crippen molar-refractivity contribution in [3.63, 3.8) is 0 Å². The van der Waals surface area contributed by atoms with Crippen molar-refractivity contribution in [2.75, 3.05) is 19.0 Å². The number of hydrogen-bond acceptors (Lipinski definition) is 6. The molecule has 2 amide bonds. The number of alkyl halides is 1. The normalized spacial score (nSPS) is 17.4. The lowest BCUT2D eigenvalue weighted by Gasteiger charge is -2.24. The summed E-state index contributed by atoms with van der Waals surface area (Å²) >= 11 is 0. The Morgan fingerprint density at radius 3 is 2.65 bits per heavy atom. The number of para-hydroxylation sites is 1. The molecule has 1 fully saturated rings. The molecule has 0 bridgehead atoms. The Hall–Kier alpha value is -4.41. The lowest BCUT2D eigenvalue weighted by atomic mass is 10.1. The van der Waals surface area contributed by atoms with Crippen LogP contribution in [0.15, 0.2) is 48.5 Å². The number of amides is 2. The van der Waals surface area contributed by atoms with Gasteiger partial charge in [0.25, 0.3) is 0 Å². The fraction of sp³-hybridized carbons (Fsp3) is 0.269. The van der Waals surface area contributed by atoms with Gasteiger partial charge >= 0.3 is 5.97 Å². The van der Waals surface area contributed by atoms with Crippen LogP contribution in [-0.2, 0) is 25.7 Å². The maximum absolute atomic E-state index is 14.9. The first-order valence-electron chi connectivity index (χ1n) is 11.4. The summed E-state index contributed by atoms with van der Waals surface area (Å²) in [6, 6.07) is 9.92. The lowest BCUT2D eigenvalue weighted by molar-refractivity contribution is -0.137. The topological polar surface area (TPSA) is 111 Å². The number of ether oxygens (including phenoxy) is 1. The molecule has 2 atom stereocenters. The largest absolute Gasteiger partial charge is 0.466 e. The number of Topliss-reactive ketones (excluding diaryl/α,β-unsaturated/α-hetero) is 1. The van der Waals surface area contributed by atoms with E-state index in [0.717, 1.165) is 11.0 Å². The van der Waals surface area contributed by atoms with E-state index in [1.165, 1.54) is 43.0 Å². The summed E-state index contributed by atoms with van der Waals surface area (Å²) in [5.41, 5.74) is 0.602. The molecule has 0 aliphatic carbocycles. The number of nitrogens with zero attached hydrogens (tertiary/aromatic N) is 3. The van der Waals surface area contributed by atoms with Crippen LogP contribution in [0.25, 0.3) is 17.0 Å². The summed E-state index contributed by atoms with van der Waals surface area (Å²) in [6.45, 7) is 0.751. The number of anilines is 1. The average Bonchev–Trinajstić information content (AvgIpc) is 3.45. The number of likely N-dealkylation sites (tertiary alicyclic amines) is 1. The molecule has 4 rings (SSSR count). The highest BCUT2D eigenvalue weighted by molar-refractivity contribution is 6.05. The summed E-state index contributed by atoms with van der Waals surface area (Å²) in [7, 11) is 1.18. The molecule has 37 heavy (non-hydrogen) atoms. The molecule has 3 aromatic rings. The predicted octanol–water partition coefficient (Wildman–Crippen LogP) is 3.14. The van der Waals surface area contributed by atoms with E-state index >= 15 is 0 Å². The number of carbonyl (C=O) groups is 4. The number of methoxy groups -OCH3 is 1. The van der Waals surface area contributed by atoms with Gasteiger partial charge in [0, 0.05) is 30.4 Å². The second-order valence-electron chi connectivity index (χ2n) is 8.53. The van der Waals surface area contributed by atoms with Gasteiger partial charge in [0.15, 0.2) is 11.6 Å². The van der Waals surface area contributed by atoms with Gasteiger partial charge in [-0.15, -0.1) is 0 Å². The number of hydrogen-bond donors (Lipinski definition) is 1. The Balaban J connectivity index is 1.53. The zero-order valence-corrected chi connectivity index (χ0v) is 20.1. The van der Waals surface area contributed by atoms with Crippen LogP contribution in [-0.4, -0.2) is 64.1 Å². The van der Waals surface area contributed by atoms with E-state index in [1.54, 1.807) is 24.3 Å². The first kappa shape index (κ1) is 25.7. The number of aromatic nitrogens is 2. The fourth-order valence-corrected chi connectivity index (χ4v) is 4.25. The number of fused-ring (bicyclic) bond motifs is 1. The quantitative estimate of drug-likeness (QED) is 0.297. The third-order valence-electron chi connectivity index (χ3n) is 6.04. The Kier molecular flexibility index (Phi) is 7.42. The number of carbonyl (C=O) groups excluding carboxylic acids is 4.